The molecule has 0 fully saturated rings. The number of ether oxygens (including phenoxy) is 2. The van der Waals surface area contributed by atoms with Gasteiger partial charge in [0.15, 0.2) is 11.5 Å². The Kier molecular flexibility index (Phi) is 4.13. The summed E-state index contributed by atoms with van der Waals surface area (Å²) in [6.07, 6.45) is 0. The molecule has 2 aromatic rings. The van der Waals surface area contributed by atoms with E-state index in [2.05, 4.69) is 5.32 Å². The van der Waals surface area contributed by atoms with Crippen molar-refractivity contribution >= 4 is 29.1 Å². The monoisotopic (exact) mass is 351 g/mol. The molecule has 3 rings (SSSR count). The summed E-state index contributed by atoms with van der Waals surface area (Å²) in [5.74, 6) is 1.08. The van der Waals surface area contributed by atoms with Crippen LogP contribution in [0.1, 0.15) is 29.8 Å². The zero-order chi connectivity index (χ0) is 16.6. The fourth-order valence-corrected chi connectivity index (χ4v) is 2.76. The van der Waals surface area contributed by atoms with Crippen LogP contribution in [-0.4, -0.2) is 12.7 Å². The fraction of sp³-hybridized carbons (Fsp3) is 0.235. The predicted octanol–water partition coefficient (Wildman–Crippen LogP) is 4.39. The Morgan fingerprint density at radius 2 is 1.83 bits per heavy atom. The lowest BCUT2D eigenvalue weighted by molar-refractivity contribution is 0.0912. The summed E-state index contributed by atoms with van der Waals surface area (Å²) in [4.78, 5) is 12.5. The van der Waals surface area contributed by atoms with Crippen molar-refractivity contribution in [3.8, 4) is 11.5 Å². The molecule has 6 heteroatoms. The van der Waals surface area contributed by atoms with Gasteiger partial charge in [0.25, 0.3) is 5.91 Å². The smallest absolute Gasteiger partial charge is 0.253 e. The first-order chi connectivity index (χ1) is 10.9. The minimum Gasteiger partial charge on any atom is -0.454 e. The molecule has 0 aliphatic carbocycles. The first-order valence-corrected chi connectivity index (χ1v) is 7.80. The van der Waals surface area contributed by atoms with Crippen LogP contribution >= 0.6 is 23.2 Å². The molecule has 2 aromatic carbocycles. The molecular formula is C17H15Cl2NO3. The van der Waals surface area contributed by atoms with Crippen molar-refractivity contribution in [2.75, 3.05) is 6.79 Å². The number of fused-ring (bicyclic) bond motifs is 1. The molecule has 1 heterocycles. The average Bonchev–Trinajstić information content (AvgIpc) is 2.96. The maximum Gasteiger partial charge on any atom is 0.253 e. The zero-order valence-electron chi connectivity index (χ0n) is 12.7. The number of carbonyl (C=O) groups excluding carboxylic acids is 1. The summed E-state index contributed by atoms with van der Waals surface area (Å²) in [6.45, 7) is 4.02. The quantitative estimate of drug-likeness (QED) is 0.891. The number of hydrogen-bond acceptors (Lipinski definition) is 3. The van der Waals surface area contributed by atoms with E-state index in [0.717, 1.165) is 5.56 Å². The maximum absolute atomic E-state index is 12.5. The Bertz CT molecular complexity index is 774. The molecule has 0 saturated heterocycles. The lowest BCUT2D eigenvalue weighted by Gasteiger charge is -2.27. The first-order valence-electron chi connectivity index (χ1n) is 7.04. The predicted molar refractivity (Wildman–Crippen MR) is 89.5 cm³/mol. The Hall–Kier alpha value is -1.91. The van der Waals surface area contributed by atoms with Crippen LogP contribution in [0.15, 0.2) is 36.4 Å². The van der Waals surface area contributed by atoms with Crippen LogP contribution in [0.3, 0.4) is 0 Å². The molecule has 0 spiro atoms. The van der Waals surface area contributed by atoms with Gasteiger partial charge in [-0.05, 0) is 49.7 Å². The van der Waals surface area contributed by atoms with Crippen molar-refractivity contribution in [1.82, 2.24) is 5.32 Å². The molecule has 0 unspecified atom stereocenters. The molecule has 120 valence electrons. The first kappa shape index (κ1) is 16.0. The second-order valence-electron chi connectivity index (χ2n) is 5.77. The van der Waals surface area contributed by atoms with Gasteiger partial charge in [-0.25, -0.2) is 0 Å². The number of rotatable bonds is 3. The van der Waals surface area contributed by atoms with Gasteiger partial charge in [0, 0.05) is 5.02 Å². The van der Waals surface area contributed by atoms with Gasteiger partial charge in [-0.15, -0.1) is 0 Å². The third-order valence-electron chi connectivity index (χ3n) is 3.69. The molecule has 0 saturated carbocycles. The fourth-order valence-electron chi connectivity index (χ4n) is 2.38. The Labute approximate surface area is 144 Å². The standard InChI is InChI=1S/C17H15Cl2NO3/c1-17(2,10-3-6-14-15(7-10)23-9-22-14)20-16(21)12-8-11(18)4-5-13(12)19/h3-8H,9H2,1-2H3,(H,20,21). The zero-order valence-corrected chi connectivity index (χ0v) is 14.2. The highest BCUT2D eigenvalue weighted by atomic mass is 35.5. The molecule has 0 aromatic heterocycles. The minimum atomic E-state index is -0.621. The van der Waals surface area contributed by atoms with Crippen LogP contribution in [0.2, 0.25) is 10.0 Å². The van der Waals surface area contributed by atoms with Gasteiger partial charge in [0.1, 0.15) is 0 Å². The van der Waals surface area contributed by atoms with Gasteiger partial charge in [-0.1, -0.05) is 29.3 Å². The van der Waals surface area contributed by atoms with E-state index in [0.29, 0.717) is 27.1 Å². The van der Waals surface area contributed by atoms with Gasteiger partial charge in [0.2, 0.25) is 6.79 Å². The van der Waals surface area contributed by atoms with E-state index < -0.39 is 5.54 Å². The molecule has 1 aliphatic heterocycles. The highest BCUT2D eigenvalue weighted by molar-refractivity contribution is 6.35. The van der Waals surface area contributed by atoms with Gasteiger partial charge >= 0.3 is 0 Å². The summed E-state index contributed by atoms with van der Waals surface area (Å²) in [6, 6.07) is 10.4. The van der Waals surface area contributed by atoms with E-state index in [1.807, 2.05) is 32.0 Å². The second-order valence-corrected chi connectivity index (χ2v) is 6.61. The van der Waals surface area contributed by atoms with Crippen molar-refractivity contribution in [3.63, 3.8) is 0 Å². The van der Waals surface area contributed by atoms with Gasteiger partial charge < -0.3 is 14.8 Å². The minimum absolute atomic E-state index is 0.212. The van der Waals surface area contributed by atoms with Crippen LogP contribution in [0.25, 0.3) is 0 Å². The van der Waals surface area contributed by atoms with Crippen molar-refractivity contribution in [2.24, 2.45) is 0 Å². The van der Waals surface area contributed by atoms with E-state index in [1.54, 1.807) is 18.2 Å². The molecule has 23 heavy (non-hydrogen) atoms. The average molecular weight is 352 g/mol. The third kappa shape index (κ3) is 3.23. The molecule has 0 atom stereocenters. The van der Waals surface area contributed by atoms with Crippen LogP contribution in [0.4, 0.5) is 0 Å². The van der Waals surface area contributed by atoms with Crippen molar-refractivity contribution in [1.29, 1.82) is 0 Å². The lowest BCUT2D eigenvalue weighted by atomic mass is 9.93. The van der Waals surface area contributed by atoms with Crippen molar-refractivity contribution < 1.29 is 14.3 Å². The summed E-state index contributed by atoms with van der Waals surface area (Å²) in [7, 11) is 0. The number of carbonyl (C=O) groups is 1. The summed E-state index contributed by atoms with van der Waals surface area (Å²) >= 11 is 12.0. The Morgan fingerprint density at radius 1 is 1.09 bits per heavy atom. The van der Waals surface area contributed by atoms with Crippen molar-refractivity contribution in [3.05, 3.63) is 57.6 Å². The van der Waals surface area contributed by atoms with E-state index in [4.69, 9.17) is 32.7 Å². The SMILES string of the molecule is CC(C)(NC(=O)c1cc(Cl)ccc1Cl)c1ccc2c(c1)OCO2. The van der Waals surface area contributed by atoms with Crippen LogP contribution in [0.5, 0.6) is 11.5 Å². The van der Waals surface area contributed by atoms with E-state index in [1.165, 1.54) is 0 Å². The highest BCUT2D eigenvalue weighted by Crippen LogP contribution is 2.35. The third-order valence-corrected chi connectivity index (χ3v) is 4.26. The molecule has 1 N–H and O–H groups in total. The largest absolute Gasteiger partial charge is 0.454 e. The van der Waals surface area contributed by atoms with E-state index in [-0.39, 0.29) is 12.7 Å². The molecule has 0 bridgehead atoms. The summed E-state index contributed by atoms with van der Waals surface area (Å²) < 4.78 is 10.7. The van der Waals surface area contributed by atoms with E-state index in [9.17, 15) is 4.79 Å². The molecule has 0 radical (unpaired) electrons. The van der Waals surface area contributed by atoms with Gasteiger partial charge in [-0.3, -0.25) is 4.79 Å². The highest BCUT2D eigenvalue weighted by Gasteiger charge is 2.27. The Balaban J connectivity index is 1.85. The normalized spacial score (nSPS) is 13.0. The van der Waals surface area contributed by atoms with Gasteiger partial charge in [-0.2, -0.15) is 0 Å². The molecule has 1 amide bonds. The lowest BCUT2D eigenvalue weighted by Crippen LogP contribution is -2.41. The second kappa shape index (κ2) is 5.95. The summed E-state index contributed by atoms with van der Waals surface area (Å²) in [5.41, 5.74) is 0.616. The Morgan fingerprint density at radius 3 is 2.61 bits per heavy atom. The van der Waals surface area contributed by atoms with Crippen molar-refractivity contribution in [2.45, 2.75) is 19.4 Å². The number of benzene rings is 2. The van der Waals surface area contributed by atoms with Crippen LogP contribution in [-0.2, 0) is 5.54 Å². The van der Waals surface area contributed by atoms with Gasteiger partial charge in [0.05, 0.1) is 16.1 Å². The molecule has 4 nitrogen and oxygen atoms in total. The topological polar surface area (TPSA) is 47.6 Å². The maximum atomic E-state index is 12.5. The number of hydrogen-bond donors (Lipinski definition) is 1. The summed E-state index contributed by atoms with van der Waals surface area (Å²) in [5, 5.41) is 3.78. The van der Waals surface area contributed by atoms with E-state index >= 15 is 0 Å². The molecular weight excluding hydrogens is 337 g/mol. The van der Waals surface area contributed by atoms with Crippen LogP contribution < -0.4 is 14.8 Å². The molecule has 1 aliphatic rings. The number of amides is 1. The number of nitrogens with one attached hydrogen (secondary N) is 1. The number of halogens is 2. The van der Waals surface area contributed by atoms with Crippen LogP contribution in [0, 0.1) is 0 Å².